The molecular weight excluding hydrogens is 304 g/mol. The normalized spacial score (nSPS) is 10.9. The molecule has 0 aliphatic carbocycles. The quantitative estimate of drug-likeness (QED) is 0.399. The van der Waals surface area contributed by atoms with Crippen molar-refractivity contribution in [3.8, 4) is 0 Å². The van der Waals surface area contributed by atoms with Crippen molar-refractivity contribution in [1.82, 2.24) is 0 Å². The van der Waals surface area contributed by atoms with Gasteiger partial charge < -0.3 is 0 Å². The molecule has 0 saturated carbocycles. The van der Waals surface area contributed by atoms with Crippen molar-refractivity contribution in [2.75, 3.05) is 5.32 Å². The van der Waals surface area contributed by atoms with Crippen molar-refractivity contribution < 1.29 is 14.4 Å². The minimum atomic E-state index is -0.803. The molecule has 0 radical (unpaired) electrons. The summed E-state index contributed by atoms with van der Waals surface area (Å²) in [5.41, 5.74) is 1.02. The number of hydrogen-bond acceptors (Lipinski definition) is 4. The zero-order chi connectivity index (χ0) is 15.9. The van der Waals surface area contributed by atoms with Crippen LogP contribution >= 0.6 is 11.6 Å². The molecule has 6 heteroatoms. The van der Waals surface area contributed by atoms with Crippen molar-refractivity contribution >= 4 is 34.9 Å². The van der Waals surface area contributed by atoms with Gasteiger partial charge in [0.2, 0.25) is 5.78 Å². The maximum atomic E-state index is 12.0. The second-order valence-electron chi connectivity index (χ2n) is 4.39. The van der Waals surface area contributed by atoms with Gasteiger partial charge in [0.05, 0.1) is 0 Å². The molecule has 0 heterocycles. The number of hydrogen-bond donors (Lipinski definition) is 1. The number of halogens is 1. The third-order valence-corrected chi connectivity index (χ3v) is 2.94. The van der Waals surface area contributed by atoms with Crippen LogP contribution < -0.4 is 5.32 Å². The molecule has 0 aromatic heterocycles. The van der Waals surface area contributed by atoms with E-state index in [2.05, 4.69) is 15.3 Å². The maximum absolute atomic E-state index is 12.0. The first-order chi connectivity index (χ1) is 10.6. The molecule has 1 amide bonds. The summed E-state index contributed by atoms with van der Waals surface area (Å²) in [6, 6.07) is 15.2. The number of benzene rings is 2. The lowest BCUT2D eigenvalue weighted by molar-refractivity contribution is 0.105. The highest BCUT2D eigenvalue weighted by atomic mass is 35.5. The highest BCUT2D eigenvalue weighted by Gasteiger charge is 2.11. The minimum Gasteiger partial charge on any atom is -0.297 e. The monoisotopic (exact) mass is 316 g/mol. The first kappa shape index (κ1) is 15.7. The smallest absolute Gasteiger partial charge is 0.297 e. The predicted octanol–water partition coefficient (Wildman–Crippen LogP) is 4.15. The summed E-state index contributed by atoms with van der Waals surface area (Å²) in [6.45, 7) is 1.47. The molecule has 5 nitrogen and oxygen atoms in total. The van der Waals surface area contributed by atoms with Crippen molar-refractivity contribution in [2.45, 2.75) is 6.92 Å². The van der Waals surface area contributed by atoms with Crippen LogP contribution in [0.25, 0.3) is 0 Å². The summed E-state index contributed by atoms with van der Waals surface area (Å²) in [4.78, 5) is 28.3. The number of nitrogens with zero attached hydrogens (tertiary/aromatic N) is 1. The van der Waals surface area contributed by atoms with E-state index in [1.165, 1.54) is 6.92 Å². The number of carbonyl (C=O) groups is 2. The van der Waals surface area contributed by atoms with E-state index in [4.69, 9.17) is 11.6 Å². The van der Waals surface area contributed by atoms with Gasteiger partial charge in [0.25, 0.3) is 0 Å². The SMILES string of the molecule is C/C(=N/OC(=O)Nc1cccc(Cl)c1)C(=O)c1ccccc1. The van der Waals surface area contributed by atoms with Crippen LogP contribution in [0.2, 0.25) is 5.02 Å². The predicted molar refractivity (Wildman–Crippen MR) is 85.4 cm³/mol. The average Bonchev–Trinajstić information content (AvgIpc) is 2.52. The minimum absolute atomic E-state index is 0.0763. The fourth-order valence-corrected chi connectivity index (χ4v) is 1.85. The number of nitrogens with one attached hydrogen (secondary N) is 1. The van der Waals surface area contributed by atoms with Gasteiger partial charge in [-0.25, -0.2) is 4.79 Å². The van der Waals surface area contributed by atoms with Crippen LogP contribution in [0, 0.1) is 0 Å². The molecule has 0 saturated heterocycles. The standard InChI is InChI=1S/C16H13ClN2O3/c1-11(15(20)12-6-3-2-4-7-12)19-22-16(21)18-14-9-5-8-13(17)10-14/h2-10H,1H3,(H,18,21)/b19-11-. The molecule has 0 bridgehead atoms. The molecule has 0 atom stereocenters. The summed E-state index contributed by atoms with van der Waals surface area (Å²) in [6.07, 6.45) is -0.803. The molecule has 2 aromatic carbocycles. The van der Waals surface area contributed by atoms with Crippen LogP contribution in [0.15, 0.2) is 59.8 Å². The summed E-state index contributed by atoms with van der Waals surface area (Å²) < 4.78 is 0. The Morgan fingerprint density at radius 3 is 2.50 bits per heavy atom. The molecule has 0 aliphatic rings. The Labute approximate surface area is 132 Å². The van der Waals surface area contributed by atoms with Gasteiger partial charge >= 0.3 is 6.09 Å². The molecule has 22 heavy (non-hydrogen) atoms. The van der Waals surface area contributed by atoms with E-state index in [-0.39, 0.29) is 11.5 Å². The molecule has 2 rings (SSSR count). The molecule has 112 valence electrons. The number of carbonyl (C=O) groups excluding carboxylic acids is 2. The topological polar surface area (TPSA) is 67.8 Å². The van der Waals surface area contributed by atoms with E-state index in [9.17, 15) is 9.59 Å². The first-order valence-corrected chi connectivity index (χ1v) is 6.82. The van der Waals surface area contributed by atoms with E-state index in [1.54, 1.807) is 54.6 Å². The fourth-order valence-electron chi connectivity index (χ4n) is 1.66. The zero-order valence-electron chi connectivity index (χ0n) is 11.7. The summed E-state index contributed by atoms with van der Waals surface area (Å²) in [7, 11) is 0. The molecule has 1 N–H and O–H groups in total. The zero-order valence-corrected chi connectivity index (χ0v) is 12.5. The fraction of sp³-hybridized carbons (Fsp3) is 0.0625. The molecule has 0 aliphatic heterocycles. The summed E-state index contributed by atoms with van der Waals surface area (Å²) >= 11 is 5.80. The first-order valence-electron chi connectivity index (χ1n) is 6.44. The van der Waals surface area contributed by atoms with E-state index in [0.717, 1.165) is 0 Å². The van der Waals surface area contributed by atoms with Crippen LogP contribution in [0.3, 0.4) is 0 Å². The molecule has 0 unspecified atom stereocenters. The lowest BCUT2D eigenvalue weighted by atomic mass is 10.1. The largest absolute Gasteiger partial charge is 0.437 e. The molecule has 2 aromatic rings. The van der Waals surface area contributed by atoms with Crippen molar-refractivity contribution in [2.24, 2.45) is 5.16 Å². The highest BCUT2D eigenvalue weighted by molar-refractivity contribution is 6.45. The van der Waals surface area contributed by atoms with Gasteiger partial charge in [-0.05, 0) is 25.1 Å². The Kier molecular flexibility index (Phi) is 5.27. The van der Waals surface area contributed by atoms with Gasteiger partial charge in [-0.1, -0.05) is 53.2 Å². The lowest BCUT2D eigenvalue weighted by Gasteiger charge is -2.04. The summed E-state index contributed by atoms with van der Waals surface area (Å²) in [5, 5.41) is 6.48. The third-order valence-electron chi connectivity index (χ3n) is 2.70. The van der Waals surface area contributed by atoms with Crippen LogP contribution in [0.4, 0.5) is 10.5 Å². The number of oxime groups is 1. The molecule has 0 fully saturated rings. The lowest BCUT2D eigenvalue weighted by Crippen LogP contribution is -2.15. The molecule has 0 spiro atoms. The van der Waals surface area contributed by atoms with Gasteiger partial charge in [0, 0.05) is 16.3 Å². The van der Waals surface area contributed by atoms with Crippen LogP contribution in [-0.4, -0.2) is 17.6 Å². The number of anilines is 1. The van der Waals surface area contributed by atoms with Crippen molar-refractivity contribution in [1.29, 1.82) is 0 Å². The number of rotatable bonds is 4. The second-order valence-corrected chi connectivity index (χ2v) is 4.82. The van der Waals surface area contributed by atoms with Crippen LogP contribution in [0.5, 0.6) is 0 Å². The Hall–Kier alpha value is -2.66. The second kappa shape index (κ2) is 7.38. The van der Waals surface area contributed by atoms with Gasteiger partial charge in [0.1, 0.15) is 5.71 Å². The van der Waals surface area contributed by atoms with Crippen LogP contribution in [0.1, 0.15) is 17.3 Å². The van der Waals surface area contributed by atoms with E-state index < -0.39 is 6.09 Å². The number of ketones is 1. The number of amides is 1. The summed E-state index contributed by atoms with van der Waals surface area (Å²) in [5.74, 6) is -0.309. The number of Topliss-reactive ketones (excluding diaryl/α,β-unsaturated/α-hetero) is 1. The van der Waals surface area contributed by atoms with Crippen molar-refractivity contribution in [3.63, 3.8) is 0 Å². The Bertz CT molecular complexity index is 714. The van der Waals surface area contributed by atoms with Gasteiger partial charge in [0.15, 0.2) is 0 Å². The van der Waals surface area contributed by atoms with E-state index >= 15 is 0 Å². The van der Waals surface area contributed by atoms with Crippen molar-refractivity contribution in [3.05, 3.63) is 65.2 Å². The Balaban J connectivity index is 1.96. The van der Waals surface area contributed by atoms with E-state index in [0.29, 0.717) is 16.3 Å². The maximum Gasteiger partial charge on any atom is 0.437 e. The average molecular weight is 317 g/mol. The Morgan fingerprint density at radius 1 is 1.09 bits per heavy atom. The van der Waals surface area contributed by atoms with E-state index in [1.807, 2.05) is 0 Å². The Morgan fingerprint density at radius 2 is 1.82 bits per heavy atom. The highest BCUT2D eigenvalue weighted by Crippen LogP contribution is 2.15. The molecular formula is C16H13ClN2O3. The van der Waals surface area contributed by atoms with Gasteiger partial charge in [-0.3, -0.25) is 14.9 Å². The third kappa shape index (κ3) is 4.43. The van der Waals surface area contributed by atoms with Gasteiger partial charge in [-0.15, -0.1) is 0 Å². The van der Waals surface area contributed by atoms with Crippen LogP contribution in [-0.2, 0) is 4.84 Å². The van der Waals surface area contributed by atoms with Gasteiger partial charge in [-0.2, -0.15) is 0 Å².